The lowest BCUT2D eigenvalue weighted by molar-refractivity contribution is -0.0707. The Balaban J connectivity index is 1.81. The summed E-state index contributed by atoms with van der Waals surface area (Å²) in [6.07, 6.45) is 3.34. The second-order valence-corrected chi connectivity index (χ2v) is 10.3. The summed E-state index contributed by atoms with van der Waals surface area (Å²) in [5.74, 6) is -0.0787. The van der Waals surface area contributed by atoms with Gasteiger partial charge in [-0.3, -0.25) is 4.79 Å². The van der Waals surface area contributed by atoms with E-state index in [0.717, 1.165) is 44.5 Å². The Morgan fingerprint density at radius 1 is 1.30 bits per heavy atom. The van der Waals surface area contributed by atoms with Gasteiger partial charge in [0.2, 0.25) is 10.0 Å². The molecule has 1 spiro atoms. The van der Waals surface area contributed by atoms with Crippen LogP contribution in [0.3, 0.4) is 0 Å². The van der Waals surface area contributed by atoms with Gasteiger partial charge >= 0.3 is 0 Å². The molecule has 0 atom stereocenters. The van der Waals surface area contributed by atoms with Gasteiger partial charge in [-0.15, -0.1) is 0 Å². The van der Waals surface area contributed by atoms with Crippen LogP contribution >= 0.6 is 0 Å². The van der Waals surface area contributed by atoms with Crippen LogP contribution in [0.25, 0.3) is 0 Å². The van der Waals surface area contributed by atoms with Crippen molar-refractivity contribution >= 4 is 15.9 Å². The lowest BCUT2D eigenvalue weighted by atomic mass is 9.66. The van der Waals surface area contributed by atoms with Gasteiger partial charge in [-0.25, -0.2) is 12.7 Å². The molecule has 0 unspecified atom stereocenters. The van der Waals surface area contributed by atoms with Crippen molar-refractivity contribution < 1.29 is 17.9 Å². The lowest BCUT2D eigenvalue weighted by Gasteiger charge is -2.44. The summed E-state index contributed by atoms with van der Waals surface area (Å²) in [5.41, 5.74) is 2.15. The monoisotopic (exact) mass is 394 g/mol. The maximum Gasteiger partial charge on any atom is 0.253 e. The molecule has 1 aliphatic carbocycles. The van der Waals surface area contributed by atoms with E-state index in [9.17, 15) is 13.2 Å². The number of likely N-dealkylation sites (tertiary alicyclic amines) is 1. The molecule has 1 aromatic rings. The third-order valence-corrected chi connectivity index (χ3v) is 8.02. The zero-order valence-electron chi connectivity index (χ0n) is 16.9. The summed E-state index contributed by atoms with van der Waals surface area (Å²) in [4.78, 5) is 15.2. The maximum atomic E-state index is 13.1. The molecule has 1 heterocycles. The number of benzene rings is 1. The molecule has 6 nitrogen and oxygen atoms in total. The Morgan fingerprint density at radius 3 is 2.56 bits per heavy atom. The summed E-state index contributed by atoms with van der Waals surface area (Å²) in [6.45, 7) is 7.83. The van der Waals surface area contributed by atoms with Crippen molar-refractivity contribution in [3.8, 4) is 0 Å². The quantitative estimate of drug-likeness (QED) is 0.770. The maximum absolute atomic E-state index is 13.1. The topological polar surface area (TPSA) is 66.9 Å². The van der Waals surface area contributed by atoms with E-state index in [0.29, 0.717) is 17.2 Å². The highest BCUT2D eigenvalue weighted by Gasteiger charge is 2.49. The fourth-order valence-electron chi connectivity index (χ4n) is 4.30. The van der Waals surface area contributed by atoms with Gasteiger partial charge in [-0.05, 0) is 68.7 Å². The van der Waals surface area contributed by atoms with Crippen molar-refractivity contribution in [2.45, 2.75) is 51.0 Å². The molecule has 2 aliphatic rings. The number of hydrogen-bond donors (Lipinski definition) is 0. The molecule has 150 valence electrons. The molecule has 1 saturated heterocycles. The van der Waals surface area contributed by atoms with Crippen LogP contribution in [0, 0.1) is 19.3 Å². The molecule has 2 fully saturated rings. The number of amides is 1. The number of carbonyl (C=O) groups excluding carboxylic acids is 1. The second-order valence-electron chi connectivity index (χ2n) is 8.17. The Bertz CT molecular complexity index is 842. The minimum atomic E-state index is -3.59. The summed E-state index contributed by atoms with van der Waals surface area (Å²) in [5, 5.41) is 0. The van der Waals surface area contributed by atoms with Gasteiger partial charge in [0.25, 0.3) is 5.91 Å². The molecule has 1 saturated carbocycles. The third kappa shape index (κ3) is 3.65. The lowest BCUT2D eigenvalue weighted by Crippen LogP contribution is -2.45. The van der Waals surface area contributed by atoms with E-state index >= 15 is 0 Å². The van der Waals surface area contributed by atoms with Crippen molar-refractivity contribution in [2.24, 2.45) is 5.41 Å². The fraction of sp³-hybridized carbons (Fsp3) is 0.650. The molecule has 3 rings (SSSR count). The Kier molecular flexibility index (Phi) is 5.40. The highest BCUT2D eigenvalue weighted by molar-refractivity contribution is 7.89. The molecule has 0 aromatic heterocycles. The van der Waals surface area contributed by atoms with E-state index in [1.54, 1.807) is 13.0 Å². The summed E-state index contributed by atoms with van der Waals surface area (Å²) >= 11 is 0. The van der Waals surface area contributed by atoms with Crippen molar-refractivity contribution in [3.05, 3.63) is 28.8 Å². The zero-order valence-corrected chi connectivity index (χ0v) is 17.7. The molecule has 1 amide bonds. The van der Waals surface area contributed by atoms with Crippen LogP contribution in [0.1, 0.15) is 47.7 Å². The van der Waals surface area contributed by atoms with Gasteiger partial charge in [-0.2, -0.15) is 0 Å². The Hall–Kier alpha value is -1.44. The van der Waals surface area contributed by atoms with Crippen LogP contribution in [-0.2, 0) is 14.8 Å². The van der Waals surface area contributed by atoms with Gasteiger partial charge < -0.3 is 9.64 Å². The predicted molar refractivity (Wildman–Crippen MR) is 104 cm³/mol. The van der Waals surface area contributed by atoms with Crippen LogP contribution in [-0.4, -0.2) is 63.4 Å². The third-order valence-electron chi connectivity index (χ3n) is 6.07. The largest absolute Gasteiger partial charge is 0.378 e. The van der Waals surface area contributed by atoms with Crippen LogP contribution in [0.15, 0.2) is 17.0 Å². The standard InChI is InChI=1S/C20H30N2O4S/c1-6-26-17-11-20(12-17)7-8-22(13-20)19(23)16-9-14(2)15(3)18(10-16)27(24,25)21(4)5/h9-10,17H,6-8,11-13H2,1-5H3. The minimum Gasteiger partial charge on any atom is -0.378 e. The molecule has 0 N–H and O–H groups in total. The van der Waals surface area contributed by atoms with Gasteiger partial charge in [-0.1, -0.05) is 0 Å². The average Bonchev–Trinajstić information content (AvgIpc) is 3.01. The number of carbonyl (C=O) groups is 1. The van der Waals surface area contributed by atoms with Crippen LogP contribution in [0.5, 0.6) is 0 Å². The van der Waals surface area contributed by atoms with E-state index in [-0.39, 0.29) is 16.2 Å². The van der Waals surface area contributed by atoms with Crippen molar-refractivity contribution in [3.63, 3.8) is 0 Å². The number of aryl methyl sites for hydroxylation is 1. The van der Waals surface area contributed by atoms with Crippen LogP contribution < -0.4 is 0 Å². The van der Waals surface area contributed by atoms with Crippen molar-refractivity contribution in [2.75, 3.05) is 33.8 Å². The Labute approximate surface area is 162 Å². The van der Waals surface area contributed by atoms with Gasteiger partial charge in [0.05, 0.1) is 11.0 Å². The smallest absolute Gasteiger partial charge is 0.253 e. The van der Waals surface area contributed by atoms with Crippen LogP contribution in [0.2, 0.25) is 0 Å². The summed E-state index contributed by atoms with van der Waals surface area (Å²) in [7, 11) is -0.577. The highest BCUT2D eigenvalue weighted by Crippen LogP contribution is 2.49. The highest BCUT2D eigenvalue weighted by atomic mass is 32.2. The first-order valence-electron chi connectivity index (χ1n) is 9.54. The Morgan fingerprint density at radius 2 is 1.96 bits per heavy atom. The van der Waals surface area contributed by atoms with Gasteiger partial charge in [0.1, 0.15) is 0 Å². The normalized spacial score (nSPS) is 25.3. The van der Waals surface area contributed by atoms with Crippen molar-refractivity contribution in [1.29, 1.82) is 0 Å². The molecule has 0 radical (unpaired) electrons. The number of sulfonamides is 1. The molecule has 1 aromatic carbocycles. The molecule has 0 bridgehead atoms. The predicted octanol–water partition coefficient (Wildman–Crippen LogP) is 2.58. The van der Waals surface area contributed by atoms with E-state index in [2.05, 4.69) is 0 Å². The summed E-state index contributed by atoms with van der Waals surface area (Å²) < 4.78 is 32.2. The van der Waals surface area contributed by atoms with E-state index in [1.807, 2.05) is 18.7 Å². The van der Waals surface area contributed by atoms with E-state index in [1.165, 1.54) is 24.5 Å². The zero-order chi connectivity index (χ0) is 20.0. The fourth-order valence-corrected chi connectivity index (χ4v) is 5.52. The van der Waals surface area contributed by atoms with Crippen LogP contribution in [0.4, 0.5) is 0 Å². The molecule has 1 aliphatic heterocycles. The first kappa shape index (κ1) is 20.3. The summed E-state index contributed by atoms with van der Waals surface area (Å²) in [6, 6.07) is 3.34. The molecular weight excluding hydrogens is 364 g/mol. The van der Waals surface area contributed by atoms with Crippen molar-refractivity contribution in [1.82, 2.24) is 9.21 Å². The molecule has 27 heavy (non-hydrogen) atoms. The number of hydrogen-bond acceptors (Lipinski definition) is 4. The molecule has 7 heteroatoms. The first-order chi connectivity index (χ1) is 12.6. The number of rotatable bonds is 5. The van der Waals surface area contributed by atoms with Gasteiger partial charge in [0, 0.05) is 39.4 Å². The molecular formula is C20H30N2O4S. The SMILES string of the molecule is CCOC1CC2(CCN(C(=O)c3cc(C)c(C)c(S(=O)(=O)N(C)C)c3)C2)C1. The van der Waals surface area contributed by atoms with E-state index < -0.39 is 10.0 Å². The van der Waals surface area contributed by atoms with Gasteiger partial charge in [0.15, 0.2) is 0 Å². The van der Waals surface area contributed by atoms with E-state index in [4.69, 9.17) is 4.74 Å². The second kappa shape index (κ2) is 7.18. The average molecular weight is 395 g/mol. The number of ether oxygens (including phenoxy) is 1. The minimum absolute atomic E-state index is 0.0787. The first-order valence-corrected chi connectivity index (χ1v) is 11.0. The number of nitrogens with zero attached hydrogens (tertiary/aromatic N) is 2.